The Morgan fingerprint density at radius 1 is 1.16 bits per heavy atom. The average Bonchev–Trinajstić information content (AvgIpc) is 2.60. The molecule has 5 heteroatoms. The van der Waals surface area contributed by atoms with Gasteiger partial charge >= 0.3 is 5.97 Å². The van der Waals surface area contributed by atoms with Crippen molar-refractivity contribution >= 4 is 17.7 Å². The molecule has 25 heavy (non-hydrogen) atoms. The smallest absolute Gasteiger partial charge is 0.341 e. The zero-order valence-corrected chi connectivity index (χ0v) is 14.5. The molecule has 1 N–H and O–H groups in total. The predicted octanol–water partition coefficient (Wildman–Crippen LogP) is 3.78. The molecule has 0 bridgehead atoms. The number of halogens is 1. The average molecular weight is 354 g/mol. The van der Waals surface area contributed by atoms with Crippen LogP contribution in [0.1, 0.15) is 23.6 Å². The van der Waals surface area contributed by atoms with Gasteiger partial charge in [-0.1, -0.05) is 17.8 Å². The SMILES string of the molecule is CC#Cc1ccc(OCC(=O)O)c(C#Cc2cc(SC)ccc2F)c1. The van der Waals surface area contributed by atoms with Gasteiger partial charge in [0.15, 0.2) is 6.61 Å². The molecule has 2 rings (SSSR count). The molecule has 0 aliphatic carbocycles. The normalized spacial score (nSPS) is 9.40. The van der Waals surface area contributed by atoms with E-state index >= 15 is 0 Å². The van der Waals surface area contributed by atoms with Crippen LogP contribution in [-0.4, -0.2) is 23.9 Å². The first-order valence-electron chi connectivity index (χ1n) is 7.30. The van der Waals surface area contributed by atoms with Gasteiger partial charge in [0, 0.05) is 10.5 Å². The second kappa shape index (κ2) is 8.82. The number of carboxylic acids is 1. The Kier molecular flexibility index (Phi) is 6.51. The first kappa shape index (κ1) is 18.4. The zero-order valence-electron chi connectivity index (χ0n) is 13.7. The van der Waals surface area contributed by atoms with Gasteiger partial charge < -0.3 is 9.84 Å². The van der Waals surface area contributed by atoms with E-state index in [1.54, 1.807) is 37.3 Å². The molecule has 0 fully saturated rings. The molecule has 126 valence electrons. The van der Waals surface area contributed by atoms with Crippen LogP contribution in [0.2, 0.25) is 0 Å². The van der Waals surface area contributed by atoms with Gasteiger partial charge in [-0.2, -0.15) is 0 Å². The quantitative estimate of drug-likeness (QED) is 0.670. The standard InChI is InChI=1S/C20H15FO3S/c1-3-4-14-5-10-19(24-13-20(22)23)16(11-14)7-6-15-12-17(25-2)8-9-18(15)21/h5,8-12H,13H2,1-2H3,(H,22,23). The van der Waals surface area contributed by atoms with Gasteiger partial charge in [-0.05, 0) is 49.6 Å². The van der Waals surface area contributed by atoms with Crippen molar-refractivity contribution in [1.29, 1.82) is 0 Å². The van der Waals surface area contributed by atoms with Crippen LogP contribution in [0.4, 0.5) is 4.39 Å². The number of hydrogen-bond donors (Lipinski definition) is 1. The van der Waals surface area contributed by atoms with Crippen molar-refractivity contribution in [2.45, 2.75) is 11.8 Å². The van der Waals surface area contributed by atoms with Gasteiger partial charge in [-0.25, -0.2) is 9.18 Å². The Hall–Kier alpha value is -2.89. The summed E-state index contributed by atoms with van der Waals surface area (Å²) in [6.07, 6.45) is 1.90. The van der Waals surface area contributed by atoms with E-state index in [0.29, 0.717) is 16.9 Å². The van der Waals surface area contributed by atoms with E-state index in [1.807, 2.05) is 6.26 Å². The molecule has 0 saturated heterocycles. The maximum atomic E-state index is 13.9. The van der Waals surface area contributed by atoms with Gasteiger partial charge in [0.25, 0.3) is 0 Å². The number of carboxylic acid groups (broad SMARTS) is 1. The Balaban J connectivity index is 2.44. The van der Waals surface area contributed by atoms with E-state index in [2.05, 4.69) is 23.7 Å². The predicted molar refractivity (Wildman–Crippen MR) is 96.3 cm³/mol. The third-order valence-corrected chi connectivity index (χ3v) is 3.83. The monoisotopic (exact) mass is 354 g/mol. The molecular weight excluding hydrogens is 339 g/mol. The van der Waals surface area contributed by atoms with Crippen LogP contribution in [0, 0.1) is 29.5 Å². The minimum Gasteiger partial charge on any atom is -0.481 e. The van der Waals surface area contributed by atoms with Gasteiger partial charge in [-0.15, -0.1) is 17.7 Å². The van der Waals surface area contributed by atoms with Gasteiger partial charge in [0.1, 0.15) is 11.6 Å². The fourth-order valence-corrected chi connectivity index (χ4v) is 2.42. The second-order valence-electron chi connectivity index (χ2n) is 4.86. The first-order valence-corrected chi connectivity index (χ1v) is 8.53. The molecule has 3 nitrogen and oxygen atoms in total. The topological polar surface area (TPSA) is 46.5 Å². The van der Waals surface area contributed by atoms with Crippen molar-refractivity contribution in [3.63, 3.8) is 0 Å². The minimum absolute atomic E-state index is 0.267. The molecule has 0 heterocycles. The summed E-state index contributed by atoms with van der Waals surface area (Å²) < 4.78 is 19.2. The number of aliphatic carboxylic acids is 1. The number of thioether (sulfide) groups is 1. The molecule has 2 aromatic carbocycles. The summed E-state index contributed by atoms with van der Waals surface area (Å²) in [4.78, 5) is 11.6. The van der Waals surface area contributed by atoms with Crippen molar-refractivity contribution in [3.8, 4) is 29.4 Å². The first-order chi connectivity index (χ1) is 12.0. The van der Waals surface area contributed by atoms with Crippen LogP contribution in [0.25, 0.3) is 0 Å². The largest absolute Gasteiger partial charge is 0.481 e. The summed E-state index contributed by atoms with van der Waals surface area (Å²) in [6, 6.07) is 9.74. The van der Waals surface area contributed by atoms with Crippen LogP contribution in [0.5, 0.6) is 5.75 Å². The molecule has 0 spiro atoms. The molecule has 0 unspecified atom stereocenters. The van der Waals surface area contributed by atoms with Crippen molar-refractivity contribution in [2.75, 3.05) is 12.9 Å². The highest BCUT2D eigenvalue weighted by molar-refractivity contribution is 7.98. The lowest BCUT2D eigenvalue weighted by atomic mass is 10.1. The number of hydrogen-bond acceptors (Lipinski definition) is 3. The summed E-state index contributed by atoms with van der Waals surface area (Å²) in [5.41, 5.74) is 1.44. The van der Waals surface area contributed by atoms with E-state index in [-0.39, 0.29) is 5.56 Å². The lowest BCUT2D eigenvalue weighted by Crippen LogP contribution is -2.10. The zero-order chi connectivity index (χ0) is 18.2. The fraction of sp³-hybridized carbons (Fsp3) is 0.150. The summed E-state index contributed by atoms with van der Waals surface area (Å²) in [5, 5.41) is 8.77. The van der Waals surface area contributed by atoms with Gasteiger partial charge in [0.05, 0.1) is 11.1 Å². The molecule has 0 amide bonds. The maximum absolute atomic E-state index is 13.9. The van der Waals surface area contributed by atoms with Gasteiger partial charge in [0.2, 0.25) is 0 Å². The Morgan fingerprint density at radius 3 is 2.60 bits per heavy atom. The molecule has 0 atom stereocenters. The minimum atomic E-state index is -1.09. The number of benzene rings is 2. The highest BCUT2D eigenvalue weighted by Crippen LogP contribution is 2.21. The summed E-state index contributed by atoms with van der Waals surface area (Å²) in [6.45, 7) is 1.23. The lowest BCUT2D eigenvalue weighted by molar-refractivity contribution is -0.139. The van der Waals surface area contributed by atoms with Crippen molar-refractivity contribution in [3.05, 3.63) is 58.9 Å². The molecule has 0 radical (unpaired) electrons. The van der Waals surface area contributed by atoms with E-state index < -0.39 is 18.4 Å². The summed E-state index contributed by atoms with van der Waals surface area (Å²) in [5.74, 6) is 10.1. The number of carbonyl (C=O) groups is 1. The van der Waals surface area contributed by atoms with Crippen LogP contribution in [-0.2, 0) is 4.79 Å². The Morgan fingerprint density at radius 2 is 1.92 bits per heavy atom. The summed E-state index contributed by atoms with van der Waals surface area (Å²) in [7, 11) is 0. The second-order valence-corrected chi connectivity index (χ2v) is 5.74. The number of rotatable bonds is 4. The van der Waals surface area contributed by atoms with Gasteiger partial charge in [-0.3, -0.25) is 0 Å². The highest BCUT2D eigenvalue weighted by Gasteiger charge is 2.06. The molecule has 0 aliphatic rings. The molecular formula is C20H15FO3S. The third kappa shape index (κ3) is 5.31. The van der Waals surface area contributed by atoms with Crippen LogP contribution in [0.3, 0.4) is 0 Å². The lowest BCUT2D eigenvalue weighted by Gasteiger charge is -2.06. The Bertz CT molecular complexity index is 914. The molecule has 0 aromatic heterocycles. The van der Waals surface area contributed by atoms with Crippen LogP contribution < -0.4 is 4.74 Å². The molecule has 0 saturated carbocycles. The van der Waals surface area contributed by atoms with E-state index in [4.69, 9.17) is 9.84 Å². The summed E-state index contributed by atoms with van der Waals surface area (Å²) >= 11 is 1.49. The van der Waals surface area contributed by atoms with E-state index in [1.165, 1.54) is 17.8 Å². The maximum Gasteiger partial charge on any atom is 0.341 e. The van der Waals surface area contributed by atoms with E-state index in [0.717, 1.165) is 4.90 Å². The third-order valence-electron chi connectivity index (χ3n) is 3.11. The van der Waals surface area contributed by atoms with E-state index in [9.17, 15) is 9.18 Å². The van der Waals surface area contributed by atoms with Crippen LogP contribution >= 0.6 is 11.8 Å². The molecule has 0 aliphatic heterocycles. The number of ether oxygens (including phenoxy) is 1. The highest BCUT2D eigenvalue weighted by atomic mass is 32.2. The van der Waals surface area contributed by atoms with Crippen molar-refractivity contribution in [1.82, 2.24) is 0 Å². The van der Waals surface area contributed by atoms with Crippen molar-refractivity contribution in [2.24, 2.45) is 0 Å². The molecule has 2 aromatic rings. The van der Waals surface area contributed by atoms with Crippen molar-refractivity contribution < 1.29 is 19.0 Å². The Labute approximate surface area is 150 Å². The van der Waals surface area contributed by atoms with Crippen LogP contribution in [0.15, 0.2) is 41.3 Å². The fourth-order valence-electron chi connectivity index (χ4n) is 1.98.